The number of hydrogen-bond donors (Lipinski definition) is 0. The molecule has 0 amide bonds. The van der Waals surface area contributed by atoms with E-state index in [1.165, 1.54) is 15.8 Å². The molecule has 0 heterocycles. The molecular weight excluding hydrogens is 414 g/mol. The SMILES string of the molecule is C[CH2][Ge]([CH2]C)[CH2]C.C[CH2][Sn]([CH2]C)[CH2]C.[Se]. The zero-order valence-corrected chi connectivity index (χ0v) is 18.3. The summed E-state index contributed by atoms with van der Waals surface area (Å²) in [6, 6.07) is 0. The Balaban J connectivity index is -0.000000180. The van der Waals surface area contributed by atoms with Gasteiger partial charge < -0.3 is 0 Å². The van der Waals surface area contributed by atoms with Crippen molar-refractivity contribution >= 4 is 51.2 Å². The van der Waals surface area contributed by atoms with Crippen LogP contribution in [0.5, 0.6) is 0 Å². The fraction of sp³-hybridized carbons (Fsp3) is 1.00. The van der Waals surface area contributed by atoms with Crippen LogP contribution in [0.4, 0.5) is 0 Å². The van der Waals surface area contributed by atoms with Crippen LogP contribution < -0.4 is 0 Å². The van der Waals surface area contributed by atoms with Crippen molar-refractivity contribution in [2.45, 2.75) is 70.6 Å². The molecule has 0 fully saturated rings. The molecule has 92 valence electrons. The normalized spacial score (nSPS) is 9.60. The summed E-state index contributed by atoms with van der Waals surface area (Å²) in [5.41, 5.74) is 0. The van der Waals surface area contributed by atoms with Crippen LogP contribution in [-0.2, 0) is 0 Å². The van der Waals surface area contributed by atoms with Gasteiger partial charge in [0.25, 0.3) is 0 Å². The van der Waals surface area contributed by atoms with Gasteiger partial charge in [-0.1, -0.05) is 0 Å². The Labute approximate surface area is 121 Å². The van der Waals surface area contributed by atoms with Crippen molar-refractivity contribution in [3.8, 4) is 0 Å². The van der Waals surface area contributed by atoms with Crippen LogP contribution in [-0.4, -0.2) is 51.2 Å². The summed E-state index contributed by atoms with van der Waals surface area (Å²) < 4.78 is 4.65. The predicted octanol–water partition coefficient (Wildman–Crippen LogP) is 4.70. The Kier molecular flexibility index (Phi) is 26.8. The summed E-state index contributed by atoms with van der Waals surface area (Å²) >= 11 is -1.06. The van der Waals surface area contributed by atoms with Gasteiger partial charge in [-0.2, -0.15) is 0 Å². The topological polar surface area (TPSA) is 0 Å². The number of hydrogen-bond acceptors (Lipinski definition) is 0. The van der Waals surface area contributed by atoms with Crippen molar-refractivity contribution in [3.05, 3.63) is 0 Å². The monoisotopic (exact) mass is 448 g/mol. The van der Waals surface area contributed by atoms with Crippen molar-refractivity contribution < 1.29 is 0 Å². The van der Waals surface area contributed by atoms with Crippen molar-refractivity contribution in [2.75, 3.05) is 0 Å². The van der Waals surface area contributed by atoms with E-state index in [0.717, 1.165) is 0 Å². The van der Waals surface area contributed by atoms with Gasteiger partial charge in [-0.3, -0.25) is 0 Å². The molecule has 0 unspecified atom stereocenters. The Morgan fingerprint density at radius 1 is 0.667 bits per heavy atom. The Morgan fingerprint density at radius 2 is 0.933 bits per heavy atom. The van der Waals surface area contributed by atoms with Crippen LogP contribution in [0.15, 0.2) is 0 Å². The molecular formula is C12H30GeSeSn. The molecule has 0 aliphatic heterocycles. The molecule has 0 aliphatic carbocycles. The van der Waals surface area contributed by atoms with E-state index < -0.39 is 34.1 Å². The van der Waals surface area contributed by atoms with Crippen LogP contribution in [0.1, 0.15) is 41.5 Å². The largest absolute Gasteiger partial charge is 0 e. The standard InChI is InChI=1S/C6H15Ge.3C2H5.Se.Sn/c1-4-7(5-2)6-3;3*1-2;;/h4-6H2,1-3H3;3*1H2,2H3;;. The van der Waals surface area contributed by atoms with Gasteiger partial charge in [0.15, 0.2) is 0 Å². The summed E-state index contributed by atoms with van der Waals surface area (Å²) in [6.45, 7) is 14.1. The van der Waals surface area contributed by atoms with Crippen LogP contribution >= 0.6 is 0 Å². The van der Waals surface area contributed by atoms with Crippen LogP contribution in [0.25, 0.3) is 0 Å². The van der Waals surface area contributed by atoms with E-state index in [1.807, 2.05) is 0 Å². The summed E-state index contributed by atoms with van der Waals surface area (Å²) in [7, 11) is 0. The van der Waals surface area contributed by atoms with Gasteiger partial charge in [-0.15, -0.1) is 0 Å². The molecule has 0 spiro atoms. The van der Waals surface area contributed by atoms with Crippen molar-refractivity contribution in [2.24, 2.45) is 0 Å². The second-order valence-corrected chi connectivity index (χ2v) is 21.6. The summed E-state index contributed by atoms with van der Waals surface area (Å²) in [5.74, 6) is 0. The fourth-order valence-electron chi connectivity index (χ4n) is 1.50. The minimum atomic E-state index is -0.653. The van der Waals surface area contributed by atoms with E-state index in [4.69, 9.17) is 0 Å². The molecule has 0 aromatic carbocycles. The second kappa shape index (κ2) is 18.2. The molecule has 4 radical (unpaired) electrons. The zero-order valence-electron chi connectivity index (χ0n) is 11.7. The zero-order chi connectivity index (χ0) is 11.4. The summed E-state index contributed by atoms with van der Waals surface area (Å²) in [4.78, 5) is 0. The first-order chi connectivity index (χ1) is 6.69. The number of rotatable bonds is 6. The van der Waals surface area contributed by atoms with Gasteiger partial charge >= 0.3 is 105 Å². The molecule has 0 aromatic heterocycles. The average molecular weight is 445 g/mol. The maximum absolute atomic E-state index is 2.35. The minimum absolute atomic E-state index is 0. The maximum Gasteiger partial charge on any atom is 0 e. The molecule has 0 atom stereocenters. The van der Waals surface area contributed by atoms with Crippen LogP contribution in [0.2, 0.25) is 29.1 Å². The van der Waals surface area contributed by atoms with Gasteiger partial charge in [0.1, 0.15) is 0 Å². The van der Waals surface area contributed by atoms with E-state index in [2.05, 4.69) is 41.5 Å². The van der Waals surface area contributed by atoms with Gasteiger partial charge in [0, 0.05) is 17.1 Å². The molecule has 0 rings (SSSR count). The molecule has 0 N–H and O–H groups in total. The van der Waals surface area contributed by atoms with Crippen LogP contribution in [0, 0.1) is 0 Å². The van der Waals surface area contributed by atoms with Crippen molar-refractivity contribution in [3.63, 3.8) is 0 Å². The third kappa shape index (κ3) is 15.9. The predicted molar refractivity (Wildman–Crippen MR) is 80.1 cm³/mol. The third-order valence-electron chi connectivity index (χ3n) is 3.00. The third-order valence-corrected chi connectivity index (χ3v) is 17.9. The quantitative estimate of drug-likeness (QED) is 0.521. The molecule has 0 bridgehead atoms. The molecule has 15 heavy (non-hydrogen) atoms. The molecule has 0 nitrogen and oxygen atoms in total. The molecule has 0 saturated heterocycles. The minimum Gasteiger partial charge on any atom is 0 e. The van der Waals surface area contributed by atoms with E-state index in [0.29, 0.717) is 0 Å². The Bertz CT molecular complexity index is 70.6. The molecule has 3 heteroatoms. The van der Waals surface area contributed by atoms with E-state index >= 15 is 0 Å². The Morgan fingerprint density at radius 3 is 0.933 bits per heavy atom. The summed E-state index contributed by atoms with van der Waals surface area (Å²) in [5, 5.41) is 4.56. The second-order valence-electron chi connectivity index (χ2n) is 3.62. The van der Waals surface area contributed by atoms with E-state index in [9.17, 15) is 0 Å². The maximum atomic E-state index is 2.35. The van der Waals surface area contributed by atoms with Gasteiger partial charge in [-0.05, 0) is 0 Å². The fourth-order valence-corrected chi connectivity index (χ4v) is 8.93. The van der Waals surface area contributed by atoms with Gasteiger partial charge in [0.2, 0.25) is 0 Å². The van der Waals surface area contributed by atoms with Gasteiger partial charge in [0.05, 0.1) is 0 Å². The van der Waals surface area contributed by atoms with E-state index in [-0.39, 0.29) is 17.1 Å². The first kappa shape index (κ1) is 22.1. The van der Waals surface area contributed by atoms with E-state index in [1.54, 1.807) is 13.3 Å². The van der Waals surface area contributed by atoms with Crippen LogP contribution in [0.3, 0.4) is 0 Å². The summed E-state index contributed by atoms with van der Waals surface area (Å²) in [6.07, 6.45) is 0. The molecule has 0 saturated carbocycles. The smallest absolute Gasteiger partial charge is 0 e. The first-order valence-electron chi connectivity index (χ1n) is 6.36. The molecule has 0 aliphatic rings. The van der Waals surface area contributed by atoms with Crippen molar-refractivity contribution in [1.82, 2.24) is 0 Å². The Hall–Kier alpha value is 1.86. The average Bonchev–Trinajstić information content (AvgIpc) is 2.24. The first-order valence-corrected chi connectivity index (χ1v) is 16.9. The van der Waals surface area contributed by atoms with Crippen molar-refractivity contribution in [1.29, 1.82) is 0 Å². The molecule has 0 aromatic rings. The van der Waals surface area contributed by atoms with Gasteiger partial charge in [-0.25, -0.2) is 0 Å².